The van der Waals surface area contributed by atoms with Gasteiger partial charge in [0.05, 0.1) is 6.04 Å². The minimum Gasteiger partial charge on any atom is -0.372 e. The Morgan fingerprint density at radius 3 is 1.97 bits per heavy atom. The lowest BCUT2D eigenvalue weighted by molar-refractivity contribution is -0.211. The summed E-state index contributed by atoms with van der Waals surface area (Å²) in [6, 6.07) is 5.12. The summed E-state index contributed by atoms with van der Waals surface area (Å²) in [5.41, 5.74) is -8.47. The second-order valence-corrected chi connectivity index (χ2v) is 9.50. The van der Waals surface area contributed by atoms with E-state index in [2.05, 4.69) is 10.3 Å². The molecule has 0 bridgehead atoms. The molecule has 4 rings (SSSR count). The Balaban J connectivity index is 1.69. The van der Waals surface area contributed by atoms with Gasteiger partial charge in [-0.05, 0) is 61.6 Å². The van der Waals surface area contributed by atoms with Gasteiger partial charge in [0.15, 0.2) is 0 Å². The molecule has 2 N–H and O–H groups in total. The van der Waals surface area contributed by atoms with Gasteiger partial charge in [-0.15, -0.1) is 0 Å². The van der Waals surface area contributed by atoms with Crippen LogP contribution in [0.1, 0.15) is 54.7 Å². The molecule has 2 fully saturated rings. The monoisotopic (exact) mass is 555 g/mol. The van der Waals surface area contributed by atoms with E-state index in [0.717, 1.165) is 17.7 Å². The van der Waals surface area contributed by atoms with Crippen LogP contribution in [0.3, 0.4) is 0 Å². The van der Waals surface area contributed by atoms with Crippen molar-refractivity contribution < 1.29 is 49.4 Å². The van der Waals surface area contributed by atoms with E-state index in [1.54, 1.807) is 6.92 Å². The van der Waals surface area contributed by atoms with E-state index in [1.807, 2.05) is 0 Å². The first kappa shape index (κ1) is 28.0. The fourth-order valence-corrected chi connectivity index (χ4v) is 4.62. The number of carbonyl (C=O) groups excluding carboxylic acids is 1. The summed E-state index contributed by atoms with van der Waals surface area (Å²) in [6.45, 7) is 1.19. The molecular weight excluding hydrogens is 533 g/mol. The second kappa shape index (κ2) is 9.31. The molecule has 1 aliphatic heterocycles. The summed E-state index contributed by atoms with van der Waals surface area (Å²) in [6.07, 6.45) is -18.3. The fourth-order valence-electron chi connectivity index (χ4n) is 4.62. The van der Waals surface area contributed by atoms with Gasteiger partial charge in [0.25, 0.3) is 0 Å². The molecular formula is C24H22F9N3O2. The number of hydrogen-bond acceptors (Lipinski definition) is 4. The highest BCUT2D eigenvalue weighted by Gasteiger charge is 2.65. The van der Waals surface area contributed by atoms with Gasteiger partial charge >= 0.3 is 18.5 Å². The number of amides is 1. The first-order valence-corrected chi connectivity index (χ1v) is 11.5. The molecule has 1 saturated heterocycles. The molecule has 1 aromatic heterocycles. The Bertz CT molecular complexity index is 1160. The Morgan fingerprint density at radius 2 is 1.53 bits per heavy atom. The maximum Gasteiger partial charge on any atom is 0.433 e. The van der Waals surface area contributed by atoms with Gasteiger partial charge in [-0.25, -0.2) is 4.98 Å². The maximum absolute atomic E-state index is 14.4. The number of benzene rings is 1. The van der Waals surface area contributed by atoms with Gasteiger partial charge in [-0.1, -0.05) is 12.1 Å². The smallest absolute Gasteiger partial charge is 0.372 e. The number of aliphatic hydroxyl groups is 1. The molecule has 38 heavy (non-hydrogen) atoms. The first-order valence-electron chi connectivity index (χ1n) is 11.5. The molecule has 1 amide bonds. The number of nitrogens with one attached hydrogen (secondary N) is 1. The van der Waals surface area contributed by atoms with Crippen LogP contribution >= 0.6 is 0 Å². The number of halogens is 9. The maximum atomic E-state index is 14.4. The van der Waals surface area contributed by atoms with Gasteiger partial charge < -0.3 is 15.3 Å². The zero-order valence-electron chi connectivity index (χ0n) is 19.7. The summed E-state index contributed by atoms with van der Waals surface area (Å²) >= 11 is 0. The summed E-state index contributed by atoms with van der Waals surface area (Å²) in [5.74, 6) is -0.170. The van der Waals surface area contributed by atoms with Crippen molar-refractivity contribution in [2.75, 3.05) is 11.4 Å². The summed E-state index contributed by atoms with van der Waals surface area (Å²) < 4.78 is 123. The van der Waals surface area contributed by atoms with Crippen LogP contribution in [0.5, 0.6) is 0 Å². The standard InChI is InChI=1S/C24H22F9N3O2/c1-12(34-19(37)14-2-3-14)13-4-6-16(7-5-13)36-9-8-21(20(36)38,24(31,32)33)15-10-17(22(25,26)27)35-18(11-15)23(28,29)30/h4-7,10-12,14,20,38H,2-3,8-9H2,1H3,(H,34,37)/t12-,20?,21?/m0/s1. The Kier molecular flexibility index (Phi) is 6.86. The van der Waals surface area contributed by atoms with E-state index in [4.69, 9.17) is 0 Å². The van der Waals surface area contributed by atoms with E-state index in [0.29, 0.717) is 5.56 Å². The zero-order valence-corrected chi connectivity index (χ0v) is 19.7. The van der Waals surface area contributed by atoms with Crippen molar-refractivity contribution in [3.8, 4) is 0 Å². The van der Waals surface area contributed by atoms with Crippen molar-refractivity contribution in [1.29, 1.82) is 0 Å². The number of hydrogen-bond donors (Lipinski definition) is 2. The molecule has 3 atom stereocenters. The third kappa shape index (κ3) is 5.14. The van der Waals surface area contributed by atoms with Crippen LogP contribution in [0.15, 0.2) is 36.4 Å². The lowest BCUT2D eigenvalue weighted by Crippen LogP contribution is -2.52. The highest BCUT2D eigenvalue weighted by Crippen LogP contribution is 2.53. The summed E-state index contributed by atoms with van der Waals surface area (Å²) in [7, 11) is 0. The van der Waals surface area contributed by atoms with Crippen LogP contribution in [0.4, 0.5) is 45.2 Å². The average molecular weight is 555 g/mol. The minimum absolute atomic E-state index is 0.0455. The molecule has 2 heterocycles. The van der Waals surface area contributed by atoms with Crippen molar-refractivity contribution in [3.63, 3.8) is 0 Å². The molecule has 208 valence electrons. The van der Waals surface area contributed by atoms with E-state index < -0.39 is 66.1 Å². The highest BCUT2D eigenvalue weighted by atomic mass is 19.4. The van der Waals surface area contributed by atoms with E-state index in [9.17, 15) is 49.4 Å². The number of rotatable bonds is 5. The molecule has 1 aromatic carbocycles. The number of anilines is 1. The van der Waals surface area contributed by atoms with Gasteiger partial charge in [-0.2, -0.15) is 39.5 Å². The Labute approximate surface area is 210 Å². The van der Waals surface area contributed by atoms with Crippen LogP contribution in [0, 0.1) is 5.92 Å². The van der Waals surface area contributed by atoms with Crippen molar-refractivity contribution in [1.82, 2.24) is 10.3 Å². The molecule has 14 heteroatoms. The van der Waals surface area contributed by atoms with Crippen molar-refractivity contribution in [3.05, 3.63) is 58.9 Å². The molecule has 5 nitrogen and oxygen atoms in total. The van der Waals surface area contributed by atoms with Crippen LogP contribution in [0.2, 0.25) is 0 Å². The van der Waals surface area contributed by atoms with E-state index in [-0.39, 0.29) is 29.6 Å². The quantitative estimate of drug-likeness (QED) is 0.463. The molecule has 1 aliphatic carbocycles. The topological polar surface area (TPSA) is 65.5 Å². The number of pyridine rings is 1. The molecule has 2 unspecified atom stereocenters. The highest BCUT2D eigenvalue weighted by molar-refractivity contribution is 5.81. The lowest BCUT2D eigenvalue weighted by Gasteiger charge is -2.37. The lowest BCUT2D eigenvalue weighted by atomic mass is 9.77. The SMILES string of the molecule is C[C@H](NC(=O)C1CC1)c1ccc(N2CCC(c3cc(C(F)(F)F)nc(C(F)(F)F)c3)(C(F)(F)F)C2O)cc1. The average Bonchev–Trinajstić information content (AvgIpc) is 3.60. The molecule has 2 aliphatic rings. The zero-order chi connectivity index (χ0) is 28.3. The van der Waals surface area contributed by atoms with Gasteiger partial charge in [0, 0.05) is 18.2 Å². The number of aromatic nitrogens is 1. The molecule has 1 saturated carbocycles. The van der Waals surface area contributed by atoms with E-state index in [1.165, 1.54) is 24.3 Å². The minimum atomic E-state index is -5.46. The molecule has 0 spiro atoms. The largest absolute Gasteiger partial charge is 0.433 e. The van der Waals surface area contributed by atoms with Crippen molar-refractivity contribution in [2.24, 2.45) is 5.92 Å². The predicted molar refractivity (Wildman–Crippen MR) is 116 cm³/mol. The van der Waals surface area contributed by atoms with Crippen LogP contribution in [-0.4, -0.2) is 34.9 Å². The third-order valence-electron chi connectivity index (χ3n) is 6.94. The fraction of sp³-hybridized carbons (Fsp3) is 0.500. The summed E-state index contributed by atoms with van der Waals surface area (Å²) in [4.78, 5) is 15.3. The van der Waals surface area contributed by atoms with E-state index >= 15 is 0 Å². The second-order valence-electron chi connectivity index (χ2n) is 9.50. The molecule has 2 aromatic rings. The Morgan fingerprint density at radius 1 is 1.00 bits per heavy atom. The van der Waals surface area contributed by atoms with Crippen molar-refractivity contribution >= 4 is 11.6 Å². The first-order chi connectivity index (χ1) is 17.4. The van der Waals surface area contributed by atoms with Crippen LogP contribution in [-0.2, 0) is 22.6 Å². The number of carbonyl (C=O) groups is 1. The van der Waals surface area contributed by atoms with Gasteiger partial charge in [0.1, 0.15) is 23.0 Å². The van der Waals surface area contributed by atoms with Crippen molar-refractivity contribution in [2.45, 2.75) is 62.4 Å². The third-order valence-corrected chi connectivity index (χ3v) is 6.94. The van der Waals surface area contributed by atoms with Gasteiger partial charge in [0.2, 0.25) is 5.91 Å². The number of aliphatic hydroxyl groups excluding tert-OH is 1. The van der Waals surface area contributed by atoms with Crippen LogP contribution < -0.4 is 10.2 Å². The molecule has 0 radical (unpaired) electrons. The normalized spacial score (nSPS) is 23.4. The van der Waals surface area contributed by atoms with Crippen LogP contribution in [0.25, 0.3) is 0 Å². The Hall–Kier alpha value is -3.03. The summed E-state index contributed by atoms with van der Waals surface area (Å²) in [5, 5.41) is 13.7. The van der Waals surface area contributed by atoms with Gasteiger partial charge in [-0.3, -0.25) is 4.79 Å². The number of alkyl halides is 9. The number of nitrogens with zero attached hydrogens (tertiary/aromatic N) is 2. The predicted octanol–water partition coefficient (Wildman–Crippen LogP) is 5.74.